The van der Waals surface area contributed by atoms with E-state index in [4.69, 9.17) is 4.57 Å². The first-order valence-corrected chi connectivity index (χ1v) is 10.1. The zero-order valence-electron chi connectivity index (χ0n) is 17.7. The molecule has 152 valence electrons. The summed E-state index contributed by atoms with van der Waals surface area (Å²) in [5.41, 5.74) is 3.41. The Labute approximate surface area is 166 Å². The normalized spacial score (nSPS) is 12.9. The number of carboxylic acids is 1. The van der Waals surface area contributed by atoms with Crippen LogP contribution in [0.15, 0.2) is 12.1 Å². The number of carbonyl (C=O) groups is 2. The van der Waals surface area contributed by atoms with Crippen LogP contribution in [0.2, 0.25) is 0 Å². The number of rotatable bonds is 10. The molecule has 0 bridgehead atoms. The molecule has 0 radical (unpaired) electrons. The Morgan fingerprint density at radius 2 is 1.56 bits per heavy atom. The van der Waals surface area contributed by atoms with Crippen molar-refractivity contribution < 1.29 is 19.3 Å². The molecule has 1 rings (SSSR count). The van der Waals surface area contributed by atoms with Gasteiger partial charge in [0.25, 0.3) is 0 Å². The standard InChI is InChI=1S/C22H34O3.H2OP/c1-15(2)10-12-22(6,21(24)25)11-8-7-9-19(23)20-17(4)13-16(3)14-18(20)5;1-2/h13-15H,7-12H2,1-6H3,(H,24,25);2H2/q;+1. The van der Waals surface area contributed by atoms with Crippen molar-refractivity contribution in [3.8, 4) is 0 Å². The van der Waals surface area contributed by atoms with Gasteiger partial charge < -0.3 is 5.11 Å². The van der Waals surface area contributed by atoms with Gasteiger partial charge in [-0.25, -0.2) is 0 Å². The van der Waals surface area contributed by atoms with Crippen molar-refractivity contribution in [2.75, 3.05) is 0 Å². The Morgan fingerprint density at radius 1 is 1.04 bits per heavy atom. The Bertz CT molecular complexity index is 616. The maximum atomic E-state index is 12.6. The van der Waals surface area contributed by atoms with Gasteiger partial charge in [0.15, 0.2) is 5.78 Å². The van der Waals surface area contributed by atoms with Crippen LogP contribution in [0, 0.1) is 32.1 Å². The second-order valence-corrected chi connectivity index (χ2v) is 8.20. The van der Waals surface area contributed by atoms with Crippen molar-refractivity contribution in [1.82, 2.24) is 0 Å². The highest BCUT2D eigenvalue weighted by Crippen LogP contribution is 2.32. The first kappa shape index (κ1) is 25.5. The van der Waals surface area contributed by atoms with Crippen LogP contribution in [0.25, 0.3) is 0 Å². The van der Waals surface area contributed by atoms with Crippen molar-refractivity contribution in [2.24, 2.45) is 11.3 Å². The van der Waals surface area contributed by atoms with E-state index in [2.05, 4.69) is 13.8 Å². The summed E-state index contributed by atoms with van der Waals surface area (Å²) in [6.07, 6.45) is 4.26. The Kier molecular flexibility index (Phi) is 11.3. The van der Waals surface area contributed by atoms with Gasteiger partial charge in [-0.1, -0.05) is 42.5 Å². The molecule has 0 amide bonds. The topological polar surface area (TPSA) is 71.4 Å². The number of aryl methyl sites for hydroxylation is 3. The number of ketones is 1. The van der Waals surface area contributed by atoms with Crippen LogP contribution in [0.3, 0.4) is 0 Å². The molecule has 2 atom stereocenters. The SMILES string of the molecule is Cc1cc(C)c(C(=O)CCCCC(C)(CCC(C)C)C(=O)O)c(C)c1.O=[PH2+]. The molecule has 2 unspecified atom stereocenters. The summed E-state index contributed by atoms with van der Waals surface area (Å²) in [4.78, 5) is 24.2. The Morgan fingerprint density at radius 3 is 2.00 bits per heavy atom. The second kappa shape index (κ2) is 12.0. The number of hydrogen-bond donors (Lipinski definition) is 1. The third kappa shape index (κ3) is 8.34. The molecule has 5 heteroatoms. The zero-order valence-corrected chi connectivity index (χ0v) is 18.9. The molecule has 1 aromatic carbocycles. The summed E-state index contributed by atoms with van der Waals surface area (Å²) >= 11 is 0. The quantitative estimate of drug-likeness (QED) is 0.296. The smallest absolute Gasteiger partial charge is 0.310 e. The summed E-state index contributed by atoms with van der Waals surface area (Å²) in [5, 5.41) is 9.56. The molecule has 0 fully saturated rings. The molecule has 1 aromatic rings. The van der Waals surface area contributed by atoms with E-state index in [1.54, 1.807) is 0 Å². The van der Waals surface area contributed by atoms with Crippen LogP contribution >= 0.6 is 9.12 Å². The molecule has 0 saturated carbocycles. The van der Waals surface area contributed by atoms with E-state index in [0.717, 1.165) is 36.0 Å². The number of aliphatic carboxylic acids is 1. The van der Waals surface area contributed by atoms with E-state index in [0.29, 0.717) is 25.2 Å². The lowest BCUT2D eigenvalue weighted by molar-refractivity contribution is -0.149. The van der Waals surface area contributed by atoms with E-state index >= 15 is 0 Å². The fourth-order valence-corrected chi connectivity index (χ4v) is 3.49. The van der Waals surface area contributed by atoms with Crippen molar-refractivity contribution in [1.29, 1.82) is 0 Å². The number of carbonyl (C=O) groups excluding carboxylic acids is 1. The molecule has 0 heterocycles. The van der Waals surface area contributed by atoms with Gasteiger partial charge in [0.05, 0.1) is 5.41 Å². The van der Waals surface area contributed by atoms with Crippen LogP contribution in [0.5, 0.6) is 0 Å². The molecule has 4 nitrogen and oxygen atoms in total. The molecular formula is C22H36O4P+. The molecule has 0 aliphatic heterocycles. The van der Waals surface area contributed by atoms with Crippen molar-refractivity contribution in [2.45, 2.75) is 80.1 Å². The molecular weight excluding hydrogens is 359 g/mol. The van der Waals surface area contributed by atoms with Crippen LogP contribution < -0.4 is 0 Å². The number of benzene rings is 1. The van der Waals surface area contributed by atoms with Gasteiger partial charge in [0.1, 0.15) is 0 Å². The molecule has 0 saturated heterocycles. The maximum absolute atomic E-state index is 12.6. The highest BCUT2D eigenvalue weighted by atomic mass is 31.0. The van der Waals surface area contributed by atoms with Gasteiger partial charge in [0, 0.05) is 12.0 Å². The monoisotopic (exact) mass is 395 g/mol. The summed E-state index contributed by atoms with van der Waals surface area (Å²) < 4.78 is 8.17. The van der Waals surface area contributed by atoms with Gasteiger partial charge in [0.2, 0.25) is 0 Å². The Balaban J connectivity index is 0.00000326. The van der Waals surface area contributed by atoms with Crippen LogP contribution in [-0.2, 0) is 9.36 Å². The van der Waals surface area contributed by atoms with Gasteiger partial charge >= 0.3 is 15.1 Å². The summed E-state index contributed by atoms with van der Waals surface area (Å²) in [5.74, 6) is -0.0355. The van der Waals surface area contributed by atoms with Crippen molar-refractivity contribution in [3.05, 3.63) is 34.4 Å². The lowest BCUT2D eigenvalue weighted by Crippen LogP contribution is -2.28. The second-order valence-electron chi connectivity index (χ2n) is 8.20. The van der Waals surface area contributed by atoms with Crippen LogP contribution in [0.4, 0.5) is 0 Å². The largest absolute Gasteiger partial charge is 0.481 e. The van der Waals surface area contributed by atoms with Crippen LogP contribution in [-0.4, -0.2) is 16.9 Å². The highest BCUT2D eigenvalue weighted by molar-refractivity contribution is 7.00. The predicted molar refractivity (Wildman–Crippen MR) is 114 cm³/mol. The number of hydrogen-bond acceptors (Lipinski definition) is 3. The van der Waals surface area contributed by atoms with E-state index in [-0.39, 0.29) is 5.78 Å². The fraction of sp³-hybridized carbons (Fsp3) is 0.636. The molecule has 0 spiro atoms. The maximum Gasteiger partial charge on any atom is 0.310 e. The zero-order chi connectivity index (χ0) is 21.2. The summed E-state index contributed by atoms with van der Waals surface area (Å²) in [7, 11) is 1.17. The minimum absolute atomic E-state index is 0.175. The van der Waals surface area contributed by atoms with Gasteiger partial charge in [-0.15, -0.1) is 0 Å². The van der Waals surface area contributed by atoms with E-state index in [9.17, 15) is 14.7 Å². The number of carboxylic acid groups (broad SMARTS) is 1. The molecule has 27 heavy (non-hydrogen) atoms. The van der Waals surface area contributed by atoms with E-state index in [1.165, 1.54) is 14.7 Å². The first-order valence-electron chi connectivity index (χ1n) is 9.65. The lowest BCUT2D eigenvalue weighted by Gasteiger charge is -2.25. The number of unbranched alkanes of at least 4 members (excludes halogenated alkanes) is 1. The molecule has 0 aliphatic rings. The average molecular weight is 396 g/mol. The van der Waals surface area contributed by atoms with Crippen LogP contribution in [0.1, 0.15) is 86.3 Å². The lowest BCUT2D eigenvalue weighted by atomic mass is 9.79. The average Bonchev–Trinajstić information content (AvgIpc) is 2.57. The third-order valence-corrected chi connectivity index (χ3v) is 5.13. The minimum atomic E-state index is -0.718. The predicted octanol–water partition coefficient (Wildman–Crippen LogP) is 6.09. The van der Waals surface area contributed by atoms with E-state index in [1.807, 2.05) is 39.8 Å². The van der Waals surface area contributed by atoms with Gasteiger partial charge in [-0.05, 0) is 70.4 Å². The Hall–Kier alpha value is -1.54. The minimum Gasteiger partial charge on any atom is -0.481 e. The van der Waals surface area contributed by atoms with Crippen molar-refractivity contribution in [3.63, 3.8) is 0 Å². The summed E-state index contributed by atoms with van der Waals surface area (Å²) in [6.45, 7) is 12.1. The van der Waals surface area contributed by atoms with Crippen molar-refractivity contribution >= 4 is 20.9 Å². The molecule has 1 N–H and O–H groups in total. The van der Waals surface area contributed by atoms with Gasteiger partial charge in [-0.3, -0.25) is 9.59 Å². The number of Topliss-reactive ketones (excluding diaryl/α,β-unsaturated/α-hetero) is 1. The third-order valence-electron chi connectivity index (χ3n) is 5.13. The summed E-state index contributed by atoms with van der Waals surface area (Å²) in [6, 6.07) is 4.10. The first-order chi connectivity index (χ1) is 12.6. The van der Waals surface area contributed by atoms with Gasteiger partial charge in [-0.2, -0.15) is 0 Å². The van der Waals surface area contributed by atoms with E-state index < -0.39 is 11.4 Å². The highest BCUT2D eigenvalue weighted by Gasteiger charge is 2.32. The fourth-order valence-electron chi connectivity index (χ4n) is 3.49. The molecule has 0 aliphatic carbocycles. The molecule has 0 aromatic heterocycles.